The molecule has 0 bridgehead atoms. The predicted octanol–water partition coefficient (Wildman–Crippen LogP) is 2.38. The van der Waals surface area contributed by atoms with Gasteiger partial charge in [-0.3, -0.25) is 4.79 Å². The van der Waals surface area contributed by atoms with Crippen molar-refractivity contribution in [3.05, 3.63) is 35.6 Å². The van der Waals surface area contributed by atoms with Gasteiger partial charge in [-0.15, -0.1) is 0 Å². The van der Waals surface area contributed by atoms with Crippen molar-refractivity contribution in [3.63, 3.8) is 0 Å². The molecule has 1 amide bonds. The lowest BCUT2D eigenvalue weighted by Gasteiger charge is -2.22. The molecule has 2 rings (SSSR count). The second-order valence-corrected chi connectivity index (χ2v) is 6.07. The molecule has 1 aromatic rings. The van der Waals surface area contributed by atoms with Crippen molar-refractivity contribution in [2.45, 2.75) is 44.6 Å². The molecule has 1 aromatic carbocycles. The summed E-state index contributed by atoms with van der Waals surface area (Å²) in [6, 6.07) is 6.02. The number of rotatable bonds is 6. The van der Waals surface area contributed by atoms with E-state index >= 15 is 0 Å². The van der Waals surface area contributed by atoms with Crippen LogP contribution in [0.2, 0.25) is 0 Å². The number of halogens is 1. The first-order valence-electron chi connectivity index (χ1n) is 7.16. The number of carbonyl (C=O) groups excluding carboxylic acids is 1. The van der Waals surface area contributed by atoms with E-state index in [0.29, 0.717) is 5.92 Å². The molecule has 4 heteroatoms. The fourth-order valence-electron chi connectivity index (χ4n) is 2.63. The Labute approximate surface area is 119 Å². The van der Waals surface area contributed by atoms with Crippen LogP contribution in [0.15, 0.2) is 24.3 Å². The fraction of sp³-hybridized carbons (Fsp3) is 0.562. The third-order valence-corrected chi connectivity index (χ3v) is 3.87. The van der Waals surface area contributed by atoms with Crippen LogP contribution in [0.5, 0.6) is 0 Å². The summed E-state index contributed by atoms with van der Waals surface area (Å²) in [6.45, 7) is 4.03. The summed E-state index contributed by atoms with van der Waals surface area (Å²) in [5.74, 6) is -0.0120. The summed E-state index contributed by atoms with van der Waals surface area (Å²) in [7, 11) is 0. The van der Waals surface area contributed by atoms with Gasteiger partial charge in [0.2, 0.25) is 5.91 Å². The van der Waals surface area contributed by atoms with Crippen molar-refractivity contribution in [2.75, 3.05) is 6.61 Å². The Kier molecular flexibility index (Phi) is 4.43. The van der Waals surface area contributed by atoms with Crippen LogP contribution >= 0.6 is 0 Å². The van der Waals surface area contributed by atoms with Crippen LogP contribution < -0.4 is 5.32 Å². The van der Waals surface area contributed by atoms with Crippen molar-refractivity contribution in [2.24, 2.45) is 5.92 Å². The van der Waals surface area contributed by atoms with E-state index in [0.717, 1.165) is 24.8 Å². The zero-order chi connectivity index (χ0) is 14.8. The molecular formula is C16H22FNO2. The highest BCUT2D eigenvalue weighted by atomic mass is 19.1. The summed E-state index contributed by atoms with van der Waals surface area (Å²) in [5, 5.41) is 12.3. The summed E-state index contributed by atoms with van der Waals surface area (Å²) in [5.41, 5.74) is 0.142. The summed E-state index contributed by atoms with van der Waals surface area (Å²) in [4.78, 5) is 12.4. The molecule has 0 aromatic heterocycles. The molecule has 0 saturated heterocycles. The second kappa shape index (κ2) is 5.92. The Morgan fingerprint density at radius 3 is 2.65 bits per heavy atom. The maximum atomic E-state index is 13.3. The summed E-state index contributed by atoms with van der Waals surface area (Å²) >= 11 is 0. The molecule has 1 saturated carbocycles. The van der Waals surface area contributed by atoms with Gasteiger partial charge in [0, 0.05) is 0 Å². The summed E-state index contributed by atoms with van der Waals surface area (Å²) in [6.07, 6.45) is 2.21. The molecular weight excluding hydrogens is 257 g/mol. The minimum absolute atomic E-state index is 0.0663. The van der Waals surface area contributed by atoms with Gasteiger partial charge in [-0.1, -0.05) is 26.0 Å². The van der Waals surface area contributed by atoms with Gasteiger partial charge in [0.05, 0.1) is 18.1 Å². The first kappa shape index (κ1) is 15.0. The van der Waals surface area contributed by atoms with E-state index in [1.807, 2.05) is 13.8 Å². The van der Waals surface area contributed by atoms with E-state index in [1.54, 1.807) is 12.1 Å². The first-order chi connectivity index (χ1) is 9.48. The molecule has 1 unspecified atom stereocenters. The van der Waals surface area contributed by atoms with Gasteiger partial charge in [0.15, 0.2) is 0 Å². The quantitative estimate of drug-likeness (QED) is 0.840. The Balaban J connectivity index is 2.08. The number of aliphatic hydroxyl groups excluding tert-OH is 1. The Morgan fingerprint density at radius 1 is 1.45 bits per heavy atom. The monoisotopic (exact) mass is 279 g/mol. The minimum Gasteiger partial charge on any atom is -0.394 e. The number of nitrogens with one attached hydrogen (secondary N) is 1. The molecule has 0 aliphatic heterocycles. The van der Waals surface area contributed by atoms with Crippen molar-refractivity contribution >= 4 is 5.91 Å². The minimum atomic E-state index is -0.591. The number of aliphatic hydroxyl groups is 1. The van der Waals surface area contributed by atoms with Crippen LogP contribution in [-0.2, 0) is 10.2 Å². The lowest BCUT2D eigenvalue weighted by molar-refractivity contribution is -0.124. The molecule has 0 spiro atoms. The molecule has 2 N–H and O–H groups in total. The predicted molar refractivity (Wildman–Crippen MR) is 75.8 cm³/mol. The Morgan fingerprint density at radius 2 is 2.15 bits per heavy atom. The van der Waals surface area contributed by atoms with E-state index in [-0.39, 0.29) is 24.4 Å². The molecule has 20 heavy (non-hydrogen) atoms. The van der Waals surface area contributed by atoms with Gasteiger partial charge in [-0.25, -0.2) is 4.39 Å². The molecule has 1 aliphatic rings. The highest BCUT2D eigenvalue weighted by Gasteiger charge is 2.51. The van der Waals surface area contributed by atoms with Crippen LogP contribution in [0.3, 0.4) is 0 Å². The average molecular weight is 279 g/mol. The zero-order valence-corrected chi connectivity index (χ0v) is 12.0. The molecule has 1 fully saturated rings. The first-order valence-corrected chi connectivity index (χ1v) is 7.16. The third kappa shape index (κ3) is 3.18. The van der Waals surface area contributed by atoms with Crippen LogP contribution in [0.4, 0.5) is 4.39 Å². The maximum absolute atomic E-state index is 13.3. The second-order valence-electron chi connectivity index (χ2n) is 6.07. The van der Waals surface area contributed by atoms with Crippen LogP contribution in [0.25, 0.3) is 0 Å². The molecule has 1 aliphatic carbocycles. The van der Waals surface area contributed by atoms with Gasteiger partial charge in [0.25, 0.3) is 0 Å². The van der Waals surface area contributed by atoms with E-state index in [9.17, 15) is 14.3 Å². The molecule has 0 radical (unpaired) electrons. The number of carbonyl (C=O) groups is 1. The Bertz CT molecular complexity index is 483. The van der Waals surface area contributed by atoms with Gasteiger partial charge in [-0.2, -0.15) is 0 Å². The summed E-state index contributed by atoms with van der Waals surface area (Å²) < 4.78 is 13.3. The third-order valence-electron chi connectivity index (χ3n) is 3.87. The van der Waals surface area contributed by atoms with E-state index in [1.165, 1.54) is 12.1 Å². The topological polar surface area (TPSA) is 49.3 Å². The van der Waals surface area contributed by atoms with Crippen LogP contribution in [-0.4, -0.2) is 23.7 Å². The van der Waals surface area contributed by atoms with E-state index < -0.39 is 5.41 Å². The number of amides is 1. The lowest BCUT2D eigenvalue weighted by atomic mass is 9.94. The SMILES string of the molecule is CC(C)CC(CO)NC(=O)C1(c2cccc(F)c2)CC1. The highest BCUT2D eigenvalue weighted by molar-refractivity contribution is 5.91. The van der Waals surface area contributed by atoms with Crippen LogP contribution in [0.1, 0.15) is 38.7 Å². The smallest absolute Gasteiger partial charge is 0.230 e. The van der Waals surface area contributed by atoms with Gasteiger partial charge in [-0.05, 0) is 42.9 Å². The molecule has 1 atom stereocenters. The van der Waals surface area contributed by atoms with Gasteiger partial charge < -0.3 is 10.4 Å². The zero-order valence-electron chi connectivity index (χ0n) is 12.0. The number of hydrogen-bond acceptors (Lipinski definition) is 2. The van der Waals surface area contributed by atoms with Crippen molar-refractivity contribution in [1.29, 1.82) is 0 Å². The average Bonchev–Trinajstić information content (AvgIpc) is 3.18. The number of hydrogen-bond donors (Lipinski definition) is 2. The van der Waals surface area contributed by atoms with Crippen molar-refractivity contribution in [3.8, 4) is 0 Å². The molecule has 0 heterocycles. The normalized spacial score (nSPS) is 17.9. The van der Waals surface area contributed by atoms with E-state index in [4.69, 9.17) is 0 Å². The van der Waals surface area contributed by atoms with E-state index in [2.05, 4.69) is 5.32 Å². The largest absolute Gasteiger partial charge is 0.394 e. The van der Waals surface area contributed by atoms with Gasteiger partial charge in [0.1, 0.15) is 5.82 Å². The Hall–Kier alpha value is -1.42. The van der Waals surface area contributed by atoms with Crippen molar-refractivity contribution in [1.82, 2.24) is 5.32 Å². The van der Waals surface area contributed by atoms with Crippen LogP contribution in [0, 0.1) is 11.7 Å². The van der Waals surface area contributed by atoms with Crippen molar-refractivity contribution < 1.29 is 14.3 Å². The fourth-order valence-corrected chi connectivity index (χ4v) is 2.63. The molecule has 110 valence electrons. The van der Waals surface area contributed by atoms with Gasteiger partial charge >= 0.3 is 0 Å². The standard InChI is InChI=1S/C16H22FNO2/c1-11(2)8-14(10-19)18-15(20)16(6-7-16)12-4-3-5-13(17)9-12/h3-5,9,11,14,19H,6-8,10H2,1-2H3,(H,18,20). The lowest BCUT2D eigenvalue weighted by Crippen LogP contribution is -2.44. The highest BCUT2D eigenvalue weighted by Crippen LogP contribution is 2.48. The molecule has 3 nitrogen and oxygen atoms in total. The number of benzene rings is 1. The maximum Gasteiger partial charge on any atom is 0.230 e.